The number of quaternary nitrogens is 1. The summed E-state index contributed by atoms with van der Waals surface area (Å²) in [5.74, 6) is -0.0866. The lowest BCUT2D eigenvalue weighted by molar-refractivity contribution is -0.870. The standard InChI is InChI=1S/C25H54N.C7H16O3S/c1-5-6-7-8-9-10-11-12-13-14-15-16-17-18-19-20-21-22-23-24-25-26(2,3)4;1-2-3-4-5-6-7-11(8,9)10/h5-25H2,1-4H3;2-7H2,1H3,(H,8,9,10)/q+1;. The first-order valence-electron chi connectivity index (χ1n) is 16.4. The molecule has 0 rings (SSSR count). The van der Waals surface area contributed by atoms with Crippen LogP contribution in [0.15, 0.2) is 0 Å². The van der Waals surface area contributed by atoms with Crippen molar-refractivity contribution in [2.24, 2.45) is 0 Å². The third-order valence-electron chi connectivity index (χ3n) is 7.19. The van der Waals surface area contributed by atoms with Crippen LogP contribution in [0.4, 0.5) is 0 Å². The Morgan fingerprint density at radius 1 is 0.432 bits per heavy atom. The summed E-state index contributed by atoms with van der Waals surface area (Å²) in [5.41, 5.74) is 0. The van der Waals surface area contributed by atoms with Crippen LogP contribution in [0.1, 0.15) is 174 Å². The summed E-state index contributed by atoms with van der Waals surface area (Å²) in [5, 5.41) is 0. The van der Waals surface area contributed by atoms with E-state index in [2.05, 4.69) is 35.0 Å². The first-order valence-corrected chi connectivity index (χ1v) is 18.0. The van der Waals surface area contributed by atoms with Crippen molar-refractivity contribution >= 4 is 10.1 Å². The van der Waals surface area contributed by atoms with Gasteiger partial charge in [-0.25, -0.2) is 0 Å². The van der Waals surface area contributed by atoms with Gasteiger partial charge in [0.25, 0.3) is 10.1 Å². The Labute approximate surface area is 235 Å². The van der Waals surface area contributed by atoms with Gasteiger partial charge in [-0.05, 0) is 19.3 Å². The highest BCUT2D eigenvalue weighted by atomic mass is 32.2. The average molecular weight is 549 g/mol. The molecule has 0 spiro atoms. The molecule has 1 N–H and O–H groups in total. The fourth-order valence-corrected chi connectivity index (χ4v) is 5.30. The highest BCUT2D eigenvalue weighted by molar-refractivity contribution is 7.85. The lowest BCUT2D eigenvalue weighted by Crippen LogP contribution is -2.35. The molecule has 0 aliphatic carbocycles. The highest BCUT2D eigenvalue weighted by Gasteiger charge is 2.05. The van der Waals surface area contributed by atoms with Gasteiger partial charge < -0.3 is 4.48 Å². The number of hydrogen-bond donors (Lipinski definition) is 1. The summed E-state index contributed by atoms with van der Waals surface area (Å²) in [4.78, 5) is 0. The van der Waals surface area contributed by atoms with Crippen molar-refractivity contribution in [3.8, 4) is 0 Å². The van der Waals surface area contributed by atoms with Crippen molar-refractivity contribution < 1.29 is 17.5 Å². The summed E-state index contributed by atoms with van der Waals surface area (Å²) in [6, 6.07) is 0. The molecule has 0 amide bonds. The Morgan fingerprint density at radius 3 is 0.919 bits per heavy atom. The second-order valence-electron chi connectivity index (χ2n) is 12.4. The molecule has 5 heteroatoms. The summed E-state index contributed by atoms with van der Waals surface area (Å²) < 4.78 is 29.9. The zero-order chi connectivity index (χ0) is 28.1. The normalized spacial score (nSPS) is 11.9. The second kappa shape index (κ2) is 28.9. The van der Waals surface area contributed by atoms with E-state index in [0.29, 0.717) is 6.42 Å². The number of hydrogen-bond acceptors (Lipinski definition) is 2. The Bertz CT molecular complexity index is 529. The van der Waals surface area contributed by atoms with E-state index in [4.69, 9.17) is 4.55 Å². The van der Waals surface area contributed by atoms with E-state index >= 15 is 0 Å². The minimum atomic E-state index is -3.71. The third kappa shape index (κ3) is 43.2. The smallest absolute Gasteiger partial charge is 0.264 e. The van der Waals surface area contributed by atoms with Crippen molar-refractivity contribution in [2.75, 3.05) is 33.4 Å². The van der Waals surface area contributed by atoms with Crippen LogP contribution in [0, 0.1) is 0 Å². The van der Waals surface area contributed by atoms with Crippen molar-refractivity contribution in [2.45, 2.75) is 174 Å². The predicted octanol–water partition coefficient (Wildman–Crippen LogP) is 10.4. The van der Waals surface area contributed by atoms with Crippen molar-refractivity contribution in [3.05, 3.63) is 0 Å². The van der Waals surface area contributed by atoms with Crippen LogP contribution in [0.25, 0.3) is 0 Å². The molecule has 0 saturated heterocycles. The zero-order valence-corrected chi connectivity index (χ0v) is 27.0. The Morgan fingerprint density at radius 2 is 0.676 bits per heavy atom. The largest absolute Gasteiger partial charge is 0.331 e. The third-order valence-corrected chi connectivity index (χ3v) is 7.99. The monoisotopic (exact) mass is 549 g/mol. The zero-order valence-electron chi connectivity index (χ0n) is 26.2. The van der Waals surface area contributed by atoms with Gasteiger partial charge in [-0.15, -0.1) is 0 Å². The van der Waals surface area contributed by atoms with Gasteiger partial charge in [0.15, 0.2) is 0 Å². The van der Waals surface area contributed by atoms with Gasteiger partial charge in [0.2, 0.25) is 0 Å². The molecular formula is C32H70NO3S+. The Balaban J connectivity index is 0. The molecule has 0 fully saturated rings. The lowest BCUT2D eigenvalue weighted by Gasteiger charge is -2.23. The maximum Gasteiger partial charge on any atom is 0.264 e. The van der Waals surface area contributed by atoms with Gasteiger partial charge >= 0.3 is 0 Å². The van der Waals surface area contributed by atoms with Crippen LogP contribution in [-0.4, -0.2) is 50.9 Å². The maximum absolute atomic E-state index is 10.2. The van der Waals surface area contributed by atoms with Crippen LogP contribution >= 0.6 is 0 Å². The van der Waals surface area contributed by atoms with Crippen molar-refractivity contribution in [1.82, 2.24) is 0 Å². The summed E-state index contributed by atoms with van der Waals surface area (Å²) in [6.45, 7) is 5.73. The number of unbranched alkanes of at least 4 members (excludes halogenated alkanes) is 23. The SMILES string of the molecule is CCCCCCCCCCCCCCCCCCCCCC[N+](C)(C)C.CCCCCCCS(=O)(=O)O. The first kappa shape index (κ1) is 39.0. The summed E-state index contributed by atoms with van der Waals surface area (Å²) in [6.07, 6.45) is 34.2. The molecule has 0 heterocycles. The molecule has 4 nitrogen and oxygen atoms in total. The van der Waals surface area contributed by atoms with E-state index in [1.54, 1.807) is 0 Å². The Hall–Kier alpha value is -0.130. The minimum Gasteiger partial charge on any atom is -0.331 e. The van der Waals surface area contributed by atoms with E-state index in [9.17, 15) is 8.42 Å². The second-order valence-corrected chi connectivity index (χ2v) is 14.0. The van der Waals surface area contributed by atoms with E-state index in [0.717, 1.165) is 30.2 Å². The quantitative estimate of drug-likeness (QED) is 0.0631. The summed E-state index contributed by atoms with van der Waals surface area (Å²) in [7, 11) is 3.19. The molecule has 0 atom stereocenters. The van der Waals surface area contributed by atoms with E-state index in [-0.39, 0.29) is 5.75 Å². The van der Waals surface area contributed by atoms with Gasteiger partial charge in [-0.3, -0.25) is 4.55 Å². The molecule has 0 aliphatic rings. The molecule has 0 bridgehead atoms. The molecule has 37 heavy (non-hydrogen) atoms. The maximum atomic E-state index is 10.2. The van der Waals surface area contributed by atoms with Gasteiger partial charge in [0, 0.05) is 0 Å². The fraction of sp³-hybridized carbons (Fsp3) is 1.00. The average Bonchev–Trinajstić information content (AvgIpc) is 2.82. The first-order chi connectivity index (χ1) is 17.6. The summed E-state index contributed by atoms with van der Waals surface area (Å²) >= 11 is 0. The molecule has 0 aromatic carbocycles. The van der Waals surface area contributed by atoms with Crippen molar-refractivity contribution in [3.63, 3.8) is 0 Å². The fourth-order valence-electron chi connectivity index (χ4n) is 4.73. The van der Waals surface area contributed by atoms with Crippen LogP contribution in [0.3, 0.4) is 0 Å². The van der Waals surface area contributed by atoms with Gasteiger partial charge in [-0.2, -0.15) is 8.42 Å². The van der Waals surface area contributed by atoms with Crippen LogP contribution < -0.4 is 0 Å². The molecule has 0 aromatic rings. The van der Waals surface area contributed by atoms with Gasteiger partial charge in [0.05, 0.1) is 33.4 Å². The number of nitrogens with zero attached hydrogens (tertiary/aromatic N) is 1. The van der Waals surface area contributed by atoms with E-state index in [1.807, 2.05) is 0 Å². The molecule has 0 radical (unpaired) electrons. The molecule has 0 unspecified atom stereocenters. The van der Waals surface area contributed by atoms with E-state index in [1.165, 1.54) is 135 Å². The Kier molecular flexibility index (Phi) is 30.4. The van der Waals surface area contributed by atoms with Gasteiger partial charge in [0.1, 0.15) is 0 Å². The molecular weight excluding hydrogens is 478 g/mol. The predicted molar refractivity (Wildman–Crippen MR) is 166 cm³/mol. The molecule has 0 saturated carbocycles. The topological polar surface area (TPSA) is 54.4 Å². The van der Waals surface area contributed by atoms with Crippen LogP contribution in [0.5, 0.6) is 0 Å². The molecule has 226 valence electrons. The van der Waals surface area contributed by atoms with Crippen LogP contribution in [0.2, 0.25) is 0 Å². The van der Waals surface area contributed by atoms with Crippen LogP contribution in [-0.2, 0) is 10.1 Å². The highest BCUT2D eigenvalue weighted by Crippen LogP contribution is 2.15. The molecule has 0 aromatic heterocycles. The van der Waals surface area contributed by atoms with Crippen molar-refractivity contribution in [1.29, 1.82) is 0 Å². The lowest BCUT2D eigenvalue weighted by atomic mass is 10.0. The van der Waals surface area contributed by atoms with E-state index < -0.39 is 10.1 Å². The minimum absolute atomic E-state index is 0.0866. The number of rotatable bonds is 27. The molecule has 0 aliphatic heterocycles. The van der Waals surface area contributed by atoms with Gasteiger partial charge in [-0.1, -0.05) is 155 Å².